The van der Waals surface area contributed by atoms with Crippen LogP contribution < -0.4 is 5.73 Å². The van der Waals surface area contributed by atoms with Gasteiger partial charge in [0.15, 0.2) is 0 Å². The van der Waals surface area contributed by atoms with Crippen molar-refractivity contribution in [3.05, 3.63) is 35.0 Å². The minimum atomic E-state index is 0.209. The average molecular weight is 231 g/mol. The molecule has 1 aromatic heterocycles. The van der Waals surface area contributed by atoms with Crippen LogP contribution in [0, 0.1) is 6.92 Å². The normalized spacial score (nSPS) is 12.3. The second kappa shape index (κ2) is 4.19. The van der Waals surface area contributed by atoms with Gasteiger partial charge in [0.05, 0.1) is 6.54 Å². The van der Waals surface area contributed by atoms with Gasteiger partial charge in [-0.15, -0.1) is 0 Å². The van der Waals surface area contributed by atoms with Gasteiger partial charge in [-0.1, -0.05) is 26.8 Å². The molecule has 92 valence electrons. The van der Waals surface area contributed by atoms with Crippen LogP contribution in [0.25, 0.3) is 10.9 Å². The van der Waals surface area contributed by atoms with Crippen molar-refractivity contribution in [3.63, 3.8) is 0 Å². The molecule has 4 N–H and O–H groups in total. The van der Waals surface area contributed by atoms with E-state index in [1.807, 2.05) is 0 Å². The quantitative estimate of drug-likeness (QED) is 0.798. The van der Waals surface area contributed by atoms with E-state index in [4.69, 9.17) is 0 Å². The molecule has 0 saturated carbocycles. The van der Waals surface area contributed by atoms with Crippen molar-refractivity contribution in [2.45, 2.75) is 39.5 Å². The molecule has 2 aromatic rings. The third-order valence-electron chi connectivity index (χ3n) is 3.41. The Morgan fingerprint density at radius 1 is 1.24 bits per heavy atom. The topological polar surface area (TPSA) is 43.4 Å². The van der Waals surface area contributed by atoms with Crippen LogP contribution in [-0.4, -0.2) is 11.5 Å². The highest BCUT2D eigenvalue weighted by molar-refractivity contribution is 5.85. The van der Waals surface area contributed by atoms with Crippen LogP contribution in [0.3, 0.4) is 0 Å². The number of aromatic amines is 1. The maximum absolute atomic E-state index is 3.97. The molecular weight excluding hydrogens is 208 g/mol. The number of hydrogen-bond acceptors (Lipinski definition) is 0. The van der Waals surface area contributed by atoms with Crippen LogP contribution in [-0.2, 0) is 11.8 Å². The Morgan fingerprint density at radius 2 is 1.94 bits per heavy atom. The predicted octanol–water partition coefficient (Wildman–Crippen LogP) is 2.56. The Balaban J connectivity index is 2.62. The fourth-order valence-corrected chi connectivity index (χ4v) is 2.35. The van der Waals surface area contributed by atoms with Crippen molar-refractivity contribution in [2.75, 3.05) is 6.54 Å². The zero-order valence-corrected chi connectivity index (χ0v) is 11.4. The molecule has 0 radical (unpaired) electrons. The lowest BCUT2D eigenvalue weighted by Gasteiger charge is -2.19. The molecule has 0 fully saturated rings. The molecule has 0 bridgehead atoms. The third-order valence-corrected chi connectivity index (χ3v) is 3.41. The van der Waals surface area contributed by atoms with Crippen LogP contribution in [0.5, 0.6) is 0 Å². The molecule has 0 aliphatic heterocycles. The summed E-state index contributed by atoms with van der Waals surface area (Å²) in [6.07, 6.45) is 1.05. The zero-order valence-electron chi connectivity index (χ0n) is 11.4. The van der Waals surface area contributed by atoms with E-state index in [-0.39, 0.29) is 5.41 Å². The van der Waals surface area contributed by atoms with Gasteiger partial charge < -0.3 is 10.7 Å². The average Bonchev–Trinajstić information content (AvgIpc) is 2.54. The van der Waals surface area contributed by atoms with Crippen molar-refractivity contribution >= 4 is 10.9 Å². The molecule has 17 heavy (non-hydrogen) atoms. The lowest BCUT2D eigenvalue weighted by atomic mass is 9.86. The van der Waals surface area contributed by atoms with Gasteiger partial charge in [0, 0.05) is 23.0 Å². The lowest BCUT2D eigenvalue weighted by Crippen LogP contribution is -2.51. The van der Waals surface area contributed by atoms with Gasteiger partial charge in [-0.25, -0.2) is 0 Å². The summed E-state index contributed by atoms with van der Waals surface area (Å²) in [6.45, 7) is 9.88. The van der Waals surface area contributed by atoms with Crippen LogP contribution >= 0.6 is 0 Å². The van der Waals surface area contributed by atoms with Crippen LogP contribution in [0.2, 0.25) is 0 Å². The van der Waals surface area contributed by atoms with Crippen LogP contribution in [0.4, 0.5) is 0 Å². The van der Waals surface area contributed by atoms with E-state index < -0.39 is 0 Å². The van der Waals surface area contributed by atoms with Crippen molar-refractivity contribution in [1.82, 2.24) is 4.98 Å². The molecule has 0 aliphatic carbocycles. The SMILES string of the molecule is Cc1[nH]c2ccc(C(C)(C)C)cc2c1CC[NH3+]. The number of quaternary nitrogens is 1. The Kier molecular flexibility index (Phi) is 3.00. The number of hydrogen-bond donors (Lipinski definition) is 2. The van der Waals surface area contributed by atoms with Crippen LogP contribution in [0.15, 0.2) is 18.2 Å². The van der Waals surface area contributed by atoms with Crippen molar-refractivity contribution in [1.29, 1.82) is 0 Å². The first kappa shape index (κ1) is 12.2. The molecule has 0 unspecified atom stereocenters. The molecule has 2 rings (SSSR count). The maximum Gasteiger partial charge on any atom is 0.0781 e. The van der Waals surface area contributed by atoms with E-state index in [1.165, 1.54) is 27.7 Å². The first-order valence-electron chi connectivity index (χ1n) is 6.34. The molecule has 1 aromatic carbocycles. The Hall–Kier alpha value is -1.28. The Labute approximate surface area is 103 Å². The Morgan fingerprint density at radius 3 is 2.53 bits per heavy atom. The highest BCUT2D eigenvalue weighted by Gasteiger charge is 2.16. The summed E-state index contributed by atoms with van der Waals surface area (Å²) >= 11 is 0. The van der Waals surface area contributed by atoms with E-state index in [0.717, 1.165) is 13.0 Å². The van der Waals surface area contributed by atoms with Gasteiger partial charge in [-0.3, -0.25) is 0 Å². The highest BCUT2D eigenvalue weighted by Crippen LogP contribution is 2.29. The van der Waals surface area contributed by atoms with E-state index in [2.05, 4.69) is 56.6 Å². The van der Waals surface area contributed by atoms with Gasteiger partial charge in [0.2, 0.25) is 0 Å². The van der Waals surface area contributed by atoms with E-state index in [0.29, 0.717) is 0 Å². The molecule has 0 atom stereocenters. The number of aryl methyl sites for hydroxylation is 1. The fourth-order valence-electron chi connectivity index (χ4n) is 2.35. The molecule has 1 heterocycles. The van der Waals surface area contributed by atoms with E-state index in [1.54, 1.807) is 0 Å². The molecular formula is C15H23N2+. The largest absolute Gasteiger partial charge is 0.358 e. The summed E-state index contributed by atoms with van der Waals surface area (Å²) in [5, 5.41) is 1.37. The fraction of sp³-hybridized carbons (Fsp3) is 0.467. The van der Waals surface area contributed by atoms with Gasteiger partial charge in [0.1, 0.15) is 0 Å². The third kappa shape index (κ3) is 2.22. The minimum absolute atomic E-state index is 0.209. The van der Waals surface area contributed by atoms with Gasteiger partial charge >= 0.3 is 0 Å². The van der Waals surface area contributed by atoms with Gasteiger partial charge in [-0.05, 0) is 35.6 Å². The first-order valence-corrected chi connectivity index (χ1v) is 6.34. The monoisotopic (exact) mass is 231 g/mol. The van der Waals surface area contributed by atoms with Crippen molar-refractivity contribution in [2.24, 2.45) is 0 Å². The lowest BCUT2D eigenvalue weighted by molar-refractivity contribution is -0.366. The molecule has 0 aliphatic rings. The minimum Gasteiger partial charge on any atom is -0.358 e. The second-order valence-corrected chi connectivity index (χ2v) is 5.84. The summed E-state index contributed by atoms with van der Waals surface area (Å²) in [6, 6.07) is 6.77. The molecule has 0 spiro atoms. The number of benzene rings is 1. The number of nitrogens with one attached hydrogen (secondary N) is 1. The summed E-state index contributed by atoms with van der Waals surface area (Å²) in [7, 11) is 0. The maximum atomic E-state index is 3.97. The summed E-state index contributed by atoms with van der Waals surface area (Å²) in [5.41, 5.74) is 9.54. The smallest absolute Gasteiger partial charge is 0.0781 e. The number of aromatic nitrogens is 1. The molecule has 0 amide bonds. The molecule has 2 heteroatoms. The number of H-pyrrole nitrogens is 1. The zero-order chi connectivity index (χ0) is 12.6. The standard InChI is InChI=1S/C15H22N2/c1-10-12(7-8-16)13-9-11(15(2,3)4)5-6-14(13)17-10/h5-6,9,17H,7-8,16H2,1-4H3/p+1. The van der Waals surface area contributed by atoms with Crippen LogP contribution in [0.1, 0.15) is 37.6 Å². The number of rotatable bonds is 2. The molecule has 2 nitrogen and oxygen atoms in total. The summed E-state index contributed by atoms with van der Waals surface area (Å²) in [5.74, 6) is 0. The van der Waals surface area contributed by atoms with Crippen molar-refractivity contribution in [3.8, 4) is 0 Å². The Bertz CT molecular complexity index is 530. The second-order valence-electron chi connectivity index (χ2n) is 5.84. The first-order chi connectivity index (χ1) is 7.93. The van der Waals surface area contributed by atoms with Gasteiger partial charge in [0.25, 0.3) is 0 Å². The molecule has 0 saturated heterocycles. The summed E-state index contributed by atoms with van der Waals surface area (Å²) in [4.78, 5) is 3.46. The van der Waals surface area contributed by atoms with Crippen molar-refractivity contribution < 1.29 is 5.73 Å². The van der Waals surface area contributed by atoms with Gasteiger partial charge in [-0.2, -0.15) is 0 Å². The predicted molar refractivity (Wildman–Crippen MR) is 73.2 cm³/mol. The van der Waals surface area contributed by atoms with E-state index >= 15 is 0 Å². The highest BCUT2D eigenvalue weighted by atomic mass is 14.7. The summed E-state index contributed by atoms with van der Waals surface area (Å²) < 4.78 is 0. The number of fused-ring (bicyclic) bond motifs is 1. The van der Waals surface area contributed by atoms with E-state index in [9.17, 15) is 0 Å².